The van der Waals surface area contributed by atoms with E-state index in [9.17, 15) is 36.3 Å². The van der Waals surface area contributed by atoms with Crippen molar-refractivity contribution < 1.29 is 41.0 Å². The highest BCUT2D eigenvalue weighted by molar-refractivity contribution is 7.90. The number of carbonyl (C=O) groups excluding carboxylic acids is 1. The first-order valence-electron chi connectivity index (χ1n) is 14.7. The molecule has 1 aliphatic heterocycles. The number of rotatable bonds is 12. The number of hydrogen-bond donors (Lipinski definition) is 3. The minimum absolute atomic E-state index is 0.0108. The van der Waals surface area contributed by atoms with Gasteiger partial charge in [-0.3, -0.25) is 4.79 Å². The molecular weight excluding hydrogens is 667 g/mol. The summed E-state index contributed by atoms with van der Waals surface area (Å²) in [5.41, 5.74) is -2.54. The third-order valence-electron chi connectivity index (χ3n) is 8.34. The van der Waals surface area contributed by atoms with E-state index in [1.54, 1.807) is 6.07 Å². The van der Waals surface area contributed by atoms with Gasteiger partial charge in [-0.25, -0.2) is 24.2 Å². The zero-order valence-electron chi connectivity index (χ0n) is 25.4. The molecule has 254 valence electrons. The van der Waals surface area contributed by atoms with Crippen LogP contribution in [0.4, 0.5) is 23.8 Å². The second-order valence-corrected chi connectivity index (χ2v) is 14.3. The second-order valence-electron chi connectivity index (χ2n) is 12.3. The van der Waals surface area contributed by atoms with Gasteiger partial charge in [-0.05, 0) is 76.1 Å². The van der Waals surface area contributed by atoms with Crippen LogP contribution in [-0.2, 0) is 10.0 Å². The molecule has 1 saturated carbocycles. The predicted octanol–water partition coefficient (Wildman–Crippen LogP) is 5.13. The van der Waals surface area contributed by atoms with Crippen LogP contribution in [0.3, 0.4) is 0 Å². The van der Waals surface area contributed by atoms with Gasteiger partial charge >= 0.3 is 12.3 Å². The molecule has 13 nitrogen and oxygen atoms in total. The molecule has 5 rings (SSSR count). The van der Waals surface area contributed by atoms with Crippen LogP contribution >= 0.6 is 11.6 Å². The predicted molar refractivity (Wildman–Crippen MR) is 163 cm³/mol. The molecule has 0 aromatic carbocycles. The van der Waals surface area contributed by atoms with Crippen LogP contribution in [0.15, 0.2) is 47.6 Å². The molecule has 0 bridgehead atoms. The summed E-state index contributed by atoms with van der Waals surface area (Å²) in [5, 5.41) is 15.8. The molecule has 1 unspecified atom stereocenters. The number of anilines is 1. The minimum Gasteiger partial charge on any atom is -0.476 e. The Hall–Kier alpha value is -4.12. The summed E-state index contributed by atoms with van der Waals surface area (Å²) < 4.78 is 73.8. The smallest absolute Gasteiger partial charge is 0.407 e. The van der Waals surface area contributed by atoms with Gasteiger partial charge in [0.25, 0.3) is 15.9 Å². The SMILES string of the molecule is CC1(C)CC(CCCNc2cccc(S(=O)(=O)NC(=O)c3ccc(-n4ccc(OCC5(C(F)(F)F)CC5)n4)nc3Cl)n2)CN1C(=O)O. The summed E-state index contributed by atoms with van der Waals surface area (Å²) in [5.74, 6) is -0.518. The van der Waals surface area contributed by atoms with Crippen molar-refractivity contribution in [3.05, 3.63) is 53.3 Å². The Morgan fingerprint density at radius 1 is 1.15 bits per heavy atom. The van der Waals surface area contributed by atoms with E-state index >= 15 is 0 Å². The fourth-order valence-electron chi connectivity index (χ4n) is 5.52. The molecule has 0 radical (unpaired) electrons. The molecule has 2 aliphatic rings. The van der Waals surface area contributed by atoms with Crippen molar-refractivity contribution in [3.8, 4) is 11.7 Å². The van der Waals surface area contributed by atoms with Crippen molar-refractivity contribution in [1.29, 1.82) is 0 Å². The zero-order valence-corrected chi connectivity index (χ0v) is 27.0. The standard InChI is InChI=1S/C29H33ClF3N7O6S/c1-27(2)15-18(16-39(27)26(42)43)5-4-13-34-20-6-3-7-23(35-20)47(44,45)38-25(41)19-8-9-21(36-24(19)30)40-14-10-22(37-40)46-17-28(11-12-28)29(31,32)33/h3,6-10,14,18H,4-5,11-13,15-17H2,1-2H3,(H,34,35)(H,38,41)(H,42,43). The van der Waals surface area contributed by atoms with Crippen LogP contribution in [0.1, 0.15) is 56.3 Å². The molecule has 0 spiro atoms. The third-order valence-corrected chi connectivity index (χ3v) is 9.86. The molecule has 1 aliphatic carbocycles. The number of ether oxygens (including phenoxy) is 1. The maximum Gasteiger partial charge on any atom is 0.407 e. The first-order valence-corrected chi connectivity index (χ1v) is 16.6. The van der Waals surface area contributed by atoms with Crippen molar-refractivity contribution in [2.45, 2.75) is 62.7 Å². The lowest BCUT2D eigenvalue weighted by molar-refractivity contribution is -0.194. The Labute approximate surface area is 273 Å². The lowest BCUT2D eigenvalue weighted by Gasteiger charge is -2.28. The highest BCUT2D eigenvalue weighted by atomic mass is 35.5. The van der Waals surface area contributed by atoms with Gasteiger partial charge in [0.05, 0.1) is 5.56 Å². The van der Waals surface area contributed by atoms with Crippen molar-refractivity contribution in [3.63, 3.8) is 0 Å². The summed E-state index contributed by atoms with van der Waals surface area (Å²) in [6.07, 6.45) is -1.70. The molecule has 1 atom stereocenters. The number of amides is 2. The van der Waals surface area contributed by atoms with Crippen LogP contribution in [-0.4, -0.2) is 81.6 Å². The average molecular weight is 700 g/mol. The summed E-state index contributed by atoms with van der Waals surface area (Å²) in [6, 6.07) is 8.19. The Balaban J connectivity index is 1.15. The highest BCUT2D eigenvalue weighted by Gasteiger charge is 2.64. The lowest BCUT2D eigenvalue weighted by atomic mass is 9.93. The van der Waals surface area contributed by atoms with E-state index in [2.05, 4.69) is 20.4 Å². The molecular formula is C29H33ClF3N7O6S. The van der Waals surface area contributed by atoms with Crippen LogP contribution < -0.4 is 14.8 Å². The number of sulfonamides is 1. The first-order chi connectivity index (χ1) is 22.0. The molecule has 3 aromatic heterocycles. The largest absolute Gasteiger partial charge is 0.476 e. The average Bonchev–Trinajstić information content (AvgIpc) is 3.54. The van der Waals surface area contributed by atoms with Gasteiger partial charge in [0.1, 0.15) is 23.0 Å². The van der Waals surface area contributed by atoms with Gasteiger partial charge in [-0.15, -0.1) is 5.10 Å². The summed E-state index contributed by atoms with van der Waals surface area (Å²) in [7, 11) is -4.41. The molecule has 18 heteroatoms. The maximum absolute atomic E-state index is 13.2. The van der Waals surface area contributed by atoms with Crippen LogP contribution in [0, 0.1) is 11.3 Å². The monoisotopic (exact) mass is 699 g/mol. The van der Waals surface area contributed by atoms with E-state index in [1.807, 2.05) is 18.6 Å². The van der Waals surface area contributed by atoms with Gasteiger partial charge in [0.15, 0.2) is 10.8 Å². The van der Waals surface area contributed by atoms with Gasteiger partial charge in [-0.1, -0.05) is 17.7 Å². The van der Waals surface area contributed by atoms with Crippen LogP contribution in [0.25, 0.3) is 5.82 Å². The number of nitrogens with zero attached hydrogens (tertiary/aromatic N) is 5. The summed E-state index contributed by atoms with van der Waals surface area (Å²) in [6.45, 7) is 4.18. The first kappa shape index (κ1) is 34.2. The quantitative estimate of drug-likeness (QED) is 0.170. The molecule has 1 saturated heterocycles. The molecule has 3 N–H and O–H groups in total. The molecule has 47 heavy (non-hydrogen) atoms. The fourth-order valence-corrected chi connectivity index (χ4v) is 6.69. The Morgan fingerprint density at radius 3 is 2.53 bits per heavy atom. The van der Waals surface area contributed by atoms with Crippen molar-refractivity contribution in [2.75, 3.05) is 25.0 Å². The maximum atomic E-state index is 13.2. The number of pyridine rings is 2. The lowest BCUT2D eigenvalue weighted by Crippen LogP contribution is -2.41. The van der Waals surface area contributed by atoms with Gasteiger partial charge in [-0.2, -0.15) is 21.6 Å². The highest BCUT2D eigenvalue weighted by Crippen LogP contribution is 2.57. The number of aromatic nitrogens is 4. The molecule has 3 aromatic rings. The molecule has 2 fully saturated rings. The van der Waals surface area contributed by atoms with Crippen molar-refractivity contribution in [1.82, 2.24) is 29.4 Å². The Morgan fingerprint density at radius 2 is 1.89 bits per heavy atom. The minimum atomic E-state index is -4.41. The molecule has 4 heterocycles. The Kier molecular flexibility index (Phi) is 9.34. The number of nitrogens with one attached hydrogen (secondary N) is 2. The summed E-state index contributed by atoms with van der Waals surface area (Å²) in [4.78, 5) is 34.0. The summed E-state index contributed by atoms with van der Waals surface area (Å²) >= 11 is 6.20. The van der Waals surface area contributed by atoms with Gasteiger partial charge < -0.3 is 20.1 Å². The Bertz CT molecular complexity index is 1760. The van der Waals surface area contributed by atoms with Crippen LogP contribution in [0.5, 0.6) is 5.88 Å². The van der Waals surface area contributed by atoms with E-state index < -0.39 is 50.8 Å². The fraction of sp³-hybridized carbons (Fsp3) is 0.483. The van der Waals surface area contributed by atoms with E-state index in [4.69, 9.17) is 16.3 Å². The van der Waals surface area contributed by atoms with Crippen molar-refractivity contribution in [2.24, 2.45) is 11.3 Å². The van der Waals surface area contributed by atoms with Crippen LogP contribution in [0.2, 0.25) is 5.15 Å². The van der Waals surface area contributed by atoms with Gasteiger partial charge in [0, 0.05) is 30.9 Å². The molecule has 2 amide bonds. The van der Waals surface area contributed by atoms with E-state index in [1.165, 1.54) is 46.1 Å². The van der Waals surface area contributed by atoms with Gasteiger partial charge in [0.2, 0.25) is 5.88 Å². The number of carbonyl (C=O) groups is 2. The number of carboxylic acid groups (broad SMARTS) is 1. The topological polar surface area (TPSA) is 169 Å². The van der Waals surface area contributed by atoms with E-state index in [0.717, 1.165) is 12.8 Å². The van der Waals surface area contributed by atoms with E-state index in [0.29, 0.717) is 19.5 Å². The number of alkyl halides is 3. The second kappa shape index (κ2) is 12.8. The number of halogens is 4. The van der Waals surface area contributed by atoms with E-state index in [-0.39, 0.29) is 47.0 Å². The zero-order chi connectivity index (χ0) is 34.2. The third kappa shape index (κ3) is 7.72. The van der Waals surface area contributed by atoms with Crippen molar-refractivity contribution >= 4 is 39.4 Å². The number of likely N-dealkylation sites (tertiary alicyclic amines) is 1. The number of hydrogen-bond acceptors (Lipinski definition) is 9. The normalized spacial score (nSPS) is 18.5.